The van der Waals surface area contributed by atoms with Crippen molar-refractivity contribution in [3.05, 3.63) is 48.0 Å². The summed E-state index contributed by atoms with van der Waals surface area (Å²) in [5.41, 5.74) is 0.995. The molecule has 1 amide bonds. The van der Waals surface area contributed by atoms with E-state index in [0.29, 0.717) is 48.3 Å². The Morgan fingerprint density at radius 2 is 1.80 bits per heavy atom. The lowest BCUT2D eigenvalue weighted by atomic mass is 10.1. The maximum atomic E-state index is 12.6. The van der Waals surface area contributed by atoms with E-state index in [1.807, 2.05) is 19.1 Å². The summed E-state index contributed by atoms with van der Waals surface area (Å²) in [5.74, 6) is 1.35. The van der Waals surface area contributed by atoms with Gasteiger partial charge in [0.25, 0.3) is 5.91 Å². The van der Waals surface area contributed by atoms with E-state index < -0.39 is 0 Å². The number of nitrogens with one attached hydrogen (secondary N) is 1. The summed E-state index contributed by atoms with van der Waals surface area (Å²) in [7, 11) is 3.07. The van der Waals surface area contributed by atoms with Crippen molar-refractivity contribution < 1.29 is 23.7 Å². The highest BCUT2D eigenvalue weighted by Gasteiger charge is 2.15. The van der Waals surface area contributed by atoms with Gasteiger partial charge in [0.05, 0.1) is 32.1 Å². The number of hydrogen-bond donors (Lipinski definition) is 1. The van der Waals surface area contributed by atoms with E-state index in [-0.39, 0.29) is 5.91 Å². The van der Waals surface area contributed by atoms with Crippen molar-refractivity contribution in [3.63, 3.8) is 0 Å². The van der Waals surface area contributed by atoms with Crippen LogP contribution >= 0.6 is 0 Å². The number of methoxy groups -OCH3 is 2. The number of amides is 1. The molecule has 0 aliphatic rings. The average molecular weight is 345 g/mol. The molecule has 0 radical (unpaired) electrons. The zero-order chi connectivity index (χ0) is 18.1. The largest absolute Gasteiger partial charge is 0.497 e. The lowest BCUT2D eigenvalue weighted by molar-refractivity contribution is 0.102. The van der Waals surface area contributed by atoms with Crippen LogP contribution in [0.4, 0.5) is 5.69 Å². The zero-order valence-electron chi connectivity index (χ0n) is 14.7. The van der Waals surface area contributed by atoms with Crippen molar-refractivity contribution in [2.45, 2.75) is 6.92 Å². The van der Waals surface area contributed by atoms with Crippen LogP contribution in [0, 0.1) is 0 Å². The van der Waals surface area contributed by atoms with Gasteiger partial charge in [-0.1, -0.05) is 12.1 Å². The van der Waals surface area contributed by atoms with Gasteiger partial charge in [-0.2, -0.15) is 0 Å². The van der Waals surface area contributed by atoms with Gasteiger partial charge >= 0.3 is 0 Å². The van der Waals surface area contributed by atoms with Gasteiger partial charge in [0.1, 0.15) is 23.9 Å². The summed E-state index contributed by atoms with van der Waals surface area (Å²) in [6.45, 7) is 3.47. The van der Waals surface area contributed by atoms with E-state index in [0.717, 1.165) is 0 Å². The summed E-state index contributed by atoms with van der Waals surface area (Å²) in [6, 6.07) is 12.3. The number of anilines is 1. The predicted octanol–water partition coefficient (Wildman–Crippen LogP) is 3.37. The van der Waals surface area contributed by atoms with Crippen LogP contribution < -0.4 is 19.5 Å². The molecule has 2 rings (SSSR count). The van der Waals surface area contributed by atoms with Gasteiger partial charge in [-0.15, -0.1) is 0 Å². The fourth-order valence-electron chi connectivity index (χ4n) is 2.23. The number of hydrogen-bond acceptors (Lipinski definition) is 5. The number of para-hydroxylation sites is 2. The molecule has 0 saturated carbocycles. The maximum absolute atomic E-state index is 12.6. The topological polar surface area (TPSA) is 66.0 Å². The molecule has 25 heavy (non-hydrogen) atoms. The quantitative estimate of drug-likeness (QED) is 0.706. The summed E-state index contributed by atoms with van der Waals surface area (Å²) < 4.78 is 21.4. The van der Waals surface area contributed by atoms with Crippen molar-refractivity contribution in [1.29, 1.82) is 0 Å². The lowest BCUT2D eigenvalue weighted by Gasteiger charge is -2.14. The molecule has 0 bridgehead atoms. The average Bonchev–Trinajstić information content (AvgIpc) is 2.65. The SMILES string of the molecule is CCOCCOc1ccccc1NC(=O)c1ccc(OC)cc1OC. The van der Waals surface area contributed by atoms with Crippen molar-refractivity contribution in [2.24, 2.45) is 0 Å². The van der Waals surface area contributed by atoms with Gasteiger partial charge in [0, 0.05) is 12.7 Å². The summed E-state index contributed by atoms with van der Waals surface area (Å²) >= 11 is 0. The molecule has 0 aromatic heterocycles. The first-order valence-corrected chi connectivity index (χ1v) is 8.02. The maximum Gasteiger partial charge on any atom is 0.259 e. The Morgan fingerprint density at radius 3 is 2.52 bits per heavy atom. The van der Waals surface area contributed by atoms with Gasteiger partial charge < -0.3 is 24.3 Å². The van der Waals surface area contributed by atoms with Crippen LogP contribution in [0.15, 0.2) is 42.5 Å². The summed E-state index contributed by atoms with van der Waals surface area (Å²) in [6.07, 6.45) is 0. The standard InChI is InChI=1S/C19H23NO5/c1-4-24-11-12-25-17-8-6-5-7-16(17)20-19(21)15-10-9-14(22-2)13-18(15)23-3/h5-10,13H,4,11-12H2,1-3H3,(H,20,21). The molecule has 6 nitrogen and oxygen atoms in total. The molecule has 134 valence electrons. The van der Waals surface area contributed by atoms with Gasteiger partial charge in [0.2, 0.25) is 0 Å². The predicted molar refractivity (Wildman–Crippen MR) is 95.9 cm³/mol. The highest BCUT2D eigenvalue weighted by Crippen LogP contribution is 2.28. The van der Waals surface area contributed by atoms with Gasteiger partial charge in [0.15, 0.2) is 0 Å². The zero-order valence-corrected chi connectivity index (χ0v) is 14.7. The fraction of sp³-hybridized carbons (Fsp3) is 0.316. The molecule has 0 spiro atoms. The van der Waals surface area contributed by atoms with Crippen LogP contribution in [-0.4, -0.2) is 39.9 Å². The van der Waals surface area contributed by atoms with Crippen molar-refractivity contribution in [1.82, 2.24) is 0 Å². The van der Waals surface area contributed by atoms with Gasteiger partial charge in [-0.3, -0.25) is 4.79 Å². The van der Waals surface area contributed by atoms with E-state index in [9.17, 15) is 4.79 Å². The minimum absolute atomic E-state index is 0.291. The van der Waals surface area contributed by atoms with Crippen LogP contribution in [0.3, 0.4) is 0 Å². The number of benzene rings is 2. The lowest BCUT2D eigenvalue weighted by Crippen LogP contribution is -2.15. The normalized spacial score (nSPS) is 10.2. The Kier molecular flexibility index (Phi) is 7.10. The third-order valence-corrected chi connectivity index (χ3v) is 3.48. The fourth-order valence-corrected chi connectivity index (χ4v) is 2.23. The molecule has 0 aliphatic carbocycles. The van der Waals surface area contributed by atoms with Crippen LogP contribution in [0.25, 0.3) is 0 Å². The first-order chi connectivity index (χ1) is 12.2. The molecule has 0 aliphatic heterocycles. The molecule has 1 N–H and O–H groups in total. The van der Waals surface area contributed by atoms with E-state index in [2.05, 4.69) is 5.32 Å². The molecule has 0 heterocycles. The van der Waals surface area contributed by atoms with Crippen LogP contribution in [0.1, 0.15) is 17.3 Å². The van der Waals surface area contributed by atoms with Crippen LogP contribution in [0.5, 0.6) is 17.2 Å². The van der Waals surface area contributed by atoms with E-state index >= 15 is 0 Å². The molecule has 2 aromatic rings. The Bertz CT molecular complexity index is 702. The van der Waals surface area contributed by atoms with Crippen molar-refractivity contribution in [3.8, 4) is 17.2 Å². The number of rotatable bonds is 9. The molecule has 0 unspecified atom stereocenters. The highest BCUT2D eigenvalue weighted by molar-refractivity contribution is 6.07. The Labute approximate surface area is 147 Å². The van der Waals surface area contributed by atoms with Crippen LogP contribution in [-0.2, 0) is 4.74 Å². The molecular formula is C19H23NO5. The van der Waals surface area contributed by atoms with Gasteiger partial charge in [-0.25, -0.2) is 0 Å². The molecule has 6 heteroatoms. The first kappa shape index (κ1) is 18.6. The molecular weight excluding hydrogens is 322 g/mol. The van der Waals surface area contributed by atoms with E-state index in [4.69, 9.17) is 18.9 Å². The van der Waals surface area contributed by atoms with Crippen molar-refractivity contribution >= 4 is 11.6 Å². The second-order valence-electron chi connectivity index (χ2n) is 5.06. The summed E-state index contributed by atoms with van der Waals surface area (Å²) in [4.78, 5) is 12.6. The number of carbonyl (C=O) groups is 1. The summed E-state index contributed by atoms with van der Waals surface area (Å²) in [5, 5.41) is 2.85. The molecule has 0 atom stereocenters. The third kappa shape index (κ3) is 5.12. The Balaban J connectivity index is 2.13. The first-order valence-electron chi connectivity index (χ1n) is 8.02. The molecule has 0 saturated heterocycles. The van der Waals surface area contributed by atoms with Crippen LogP contribution in [0.2, 0.25) is 0 Å². The Morgan fingerprint density at radius 1 is 1.00 bits per heavy atom. The van der Waals surface area contributed by atoms with E-state index in [1.54, 1.807) is 37.4 Å². The van der Waals surface area contributed by atoms with E-state index in [1.165, 1.54) is 7.11 Å². The second-order valence-corrected chi connectivity index (χ2v) is 5.06. The minimum atomic E-state index is -0.291. The monoisotopic (exact) mass is 345 g/mol. The van der Waals surface area contributed by atoms with Crippen molar-refractivity contribution in [2.75, 3.05) is 39.4 Å². The number of carbonyl (C=O) groups excluding carboxylic acids is 1. The Hall–Kier alpha value is -2.73. The molecule has 0 fully saturated rings. The molecule has 2 aromatic carbocycles. The van der Waals surface area contributed by atoms with Gasteiger partial charge in [-0.05, 0) is 31.2 Å². The minimum Gasteiger partial charge on any atom is -0.497 e. The number of ether oxygens (including phenoxy) is 4. The highest BCUT2D eigenvalue weighted by atomic mass is 16.5. The smallest absolute Gasteiger partial charge is 0.259 e. The third-order valence-electron chi connectivity index (χ3n) is 3.48. The second kappa shape index (κ2) is 9.54.